The molecule has 0 saturated carbocycles. The number of halogens is 1. The van der Waals surface area contributed by atoms with Crippen molar-refractivity contribution in [2.45, 2.75) is 0 Å². The topological polar surface area (TPSA) is 60.2 Å². The van der Waals surface area contributed by atoms with Crippen molar-refractivity contribution in [3.05, 3.63) is 48.4 Å². The number of hydrogen-bond acceptors (Lipinski definition) is 4. The van der Waals surface area contributed by atoms with Crippen LogP contribution in [0.5, 0.6) is 5.75 Å². The lowest BCUT2D eigenvalue weighted by Gasteiger charge is -2.08. The van der Waals surface area contributed by atoms with Crippen molar-refractivity contribution >= 4 is 11.5 Å². The van der Waals surface area contributed by atoms with Crippen LogP contribution >= 0.6 is 0 Å². The molecule has 0 aliphatic rings. The van der Waals surface area contributed by atoms with Gasteiger partial charge in [-0.15, -0.1) is 0 Å². The standard InChI is InChI=1S/C13H14FN3O/c14-10-1-6-13(17-9-10)16-7-8-18-12-4-2-11(15)3-5-12/h1-6,9H,7-8,15H2,(H,16,17). The maximum absolute atomic E-state index is 12.6. The molecule has 2 aromatic rings. The van der Waals surface area contributed by atoms with Gasteiger partial charge >= 0.3 is 0 Å². The number of ether oxygens (including phenoxy) is 1. The zero-order valence-electron chi connectivity index (χ0n) is 9.77. The zero-order chi connectivity index (χ0) is 12.8. The van der Waals surface area contributed by atoms with E-state index in [1.54, 1.807) is 18.2 Å². The molecule has 94 valence electrons. The van der Waals surface area contributed by atoms with Gasteiger partial charge in [-0.3, -0.25) is 0 Å². The lowest BCUT2D eigenvalue weighted by Crippen LogP contribution is -2.12. The number of benzene rings is 1. The summed E-state index contributed by atoms with van der Waals surface area (Å²) in [4.78, 5) is 3.88. The number of hydrogen-bond donors (Lipinski definition) is 2. The molecule has 2 rings (SSSR count). The smallest absolute Gasteiger partial charge is 0.141 e. The van der Waals surface area contributed by atoms with Crippen molar-refractivity contribution in [2.75, 3.05) is 24.2 Å². The third-order valence-corrected chi connectivity index (χ3v) is 2.28. The molecule has 0 spiro atoms. The maximum Gasteiger partial charge on any atom is 0.141 e. The maximum atomic E-state index is 12.6. The summed E-state index contributed by atoms with van der Waals surface area (Å²) in [7, 11) is 0. The molecular formula is C13H14FN3O. The van der Waals surface area contributed by atoms with Gasteiger partial charge in [-0.25, -0.2) is 9.37 Å². The second-order valence-electron chi connectivity index (χ2n) is 3.71. The minimum Gasteiger partial charge on any atom is -0.492 e. The van der Waals surface area contributed by atoms with Gasteiger partial charge in [0.15, 0.2) is 0 Å². The number of nitrogens with two attached hydrogens (primary N) is 1. The Morgan fingerprint density at radius 1 is 1.17 bits per heavy atom. The van der Waals surface area contributed by atoms with Gasteiger partial charge in [0.2, 0.25) is 0 Å². The predicted octanol–water partition coefficient (Wildman–Crippen LogP) is 2.29. The first kappa shape index (κ1) is 12.2. The molecule has 0 aliphatic carbocycles. The summed E-state index contributed by atoms with van der Waals surface area (Å²) in [5.74, 6) is 1.04. The molecule has 5 heteroatoms. The Labute approximate surface area is 105 Å². The number of anilines is 2. The Bertz CT molecular complexity index is 437. The second kappa shape index (κ2) is 5.86. The van der Waals surface area contributed by atoms with Crippen LogP contribution < -0.4 is 15.8 Å². The molecule has 0 saturated heterocycles. The first-order valence-corrected chi connectivity index (χ1v) is 5.58. The second-order valence-corrected chi connectivity index (χ2v) is 3.71. The van der Waals surface area contributed by atoms with Crippen molar-refractivity contribution in [2.24, 2.45) is 0 Å². The van der Waals surface area contributed by atoms with E-state index in [0.29, 0.717) is 24.7 Å². The molecule has 1 aromatic heterocycles. The fraction of sp³-hybridized carbons (Fsp3) is 0.154. The Hall–Kier alpha value is -2.30. The molecule has 0 atom stereocenters. The zero-order valence-corrected chi connectivity index (χ0v) is 9.77. The number of nitrogen functional groups attached to an aromatic ring is 1. The van der Waals surface area contributed by atoms with E-state index in [1.807, 2.05) is 12.1 Å². The molecule has 4 nitrogen and oxygen atoms in total. The van der Waals surface area contributed by atoms with E-state index in [-0.39, 0.29) is 5.82 Å². The van der Waals surface area contributed by atoms with Gasteiger partial charge < -0.3 is 15.8 Å². The first-order valence-electron chi connectivity index (χ1n) is 5.58. The molecule has 0 unspecified atom stereocenters. The van der Waals surface area contributed by atoms with Gasteiger partial charge in [-0.05, 0) is 36.4 Å². The highest BCUT2D eigenvalue weighted by Gasteiger charge is 1.96. The number of nitrogens with one attached hydrogen (secondary N) is 1. The largest absolute Gasteiger partial charge is 0.492 e. The molecule has 0 fully saturated rings. The molecule has 0 radical (unpaired) electrons. The van der Waals surface area contributed by atoms with Gasteiger partial charge in [0.25, 0.3) is 0 Å². The Balaban J connectivity index is 1.73. The monoisotopic (exact) mass is 247 g/mol. The summed E-state index contributed by atoms with van der Waals surface area (Å²) >= 11 is 0. The van der Waals surface area contributed by atoms with Crippen LogP contribution in [-0.4, -0.2) is 18.1 Å². The minimum absolute atomic E-state index is 0.348. The van der Waals surface area contributed by atoms with Gasteiger partial charge in [-0.1, -0.05) is 0 Å². The van der Waals surface area contributed by atoms with Gasteiger partial charge in [0, 0.05) is 5.69 Å². The highest BCUT2D eigenvalue weighted by molar-refractivity contribution is 5.41. The van der Waals surface area contributed by atoms with Crippen molar-refractivity contribution in [1.29, 1.82) is 0 Å². The lowest BCUT2D eigenvalue weighted by atomic mass is 10.3. The molecule has 1 heterocycles. The van der Waals surface area contributed by atoms with E-state index < -0.39 is 0 Å². The van der Waals surface area contributed by atoms with Gasteiger partial charge in [-0.2, -0.15) is 0 Å². The van der Waals surface area contributed by atoms with Gasteiger partial charge in [0.1, 0.15) is 24.0 Å². The highest BCUT2D eigenvalue weighted by atomic mass is 19.1. The van der Waals surface area contributed by atoms with Crippen LogP contribution in [0.2, 0.25) is 0 Å². The highest BCUT2D eigenvalue weighted by Crippen LogP contribution is 2.12. The van der Waals surface area contributed by atoms with E-state index in [0.717, 1.165) is 5.75 Å². The minimum atomic E-state index is -0.348. The summed E-state index contributed by atoms with van der Waals surface area (Å²) in [5, 5.41) is 3.03. The van der Waals surface area contributed by atoms with Crippen LogP contribution in [-0.2, 0) is 0 Å². The number of aromatic nitrogens is 1. The summed E-state index contributed by atoms with van der Waals surface area (Å²) in [5.41, 5.74) is 6.27. The van der Waals surface area contributed by atoms with Crippen molar-refractivity contribution in [3.63, 3.8) is 0 Å². The summed E-state index contributed by atoms with van der Waals surface area (Å²) in [6.07, 6.45) is 1.17. The first-order chi connectivity index (χ1) is 8.74. The lowest BCUT2D eigenvalue weighted by molar-refractivity contribution is 0.333. The van der Waals surface area contributed by atoms with E-state index in [2.05, 4.69) is 10.3 Å². The quantitative estimate of drug-likeness (QED) is 0.628. The van der Waals surface area contributed by atoms with Crippen molar-refractivity contribution in [1.82, 2.24) is 4.98 Å². The SMILES string of the molecule is Nc1ccc(OCCNc2ccc(F)cn2)cc1. The van der Waals surface area contributed by atoms with E-state index in [9.17, 15) is 4.39 Å². The molecular weight excluding hydrogens is 233 g/mol. The Morgan fingerprint density at radius 3 is 2.61 bits per heavy atom. The number of pyridine rings is 1. The van der Waals surface area contributed by atoms with Crippen LogP contribution in [0, 0.1) is 5.82 Å². The van der Waals surface area contributed by atoms with Crippen LogP contribution in [0.3, 0.4) is 0 Å². The van der Waals surface area contributed by atoms with Crippen molar-refractivity contribution < 1.29 is 9.13 Å². The van der Waals surface area contributed by atoms with E-state index in [1.165, 1.54) is 12.3 Å². The van der Waals surface area contributed by atoms with Crippen LogP contribution in [0.25, 0.3) is 0 Å². The molecule has 0 aliphatic heterocycles. The molecule has 0 amide bonds. The van der Waals surface area contributed by atoms with Crippen LogP contribution in [0.15, 0.2) is 42.6 Å². The summed E-state index contributed by atoms with van der Waals surface area (Å²) in [6.45, 7) is 1.08. The van der Waals surface area contributed by atoms with Crippen LogP contribution in [0.4, 0.5) is 15.9 Å². The molecule has 18 heavy (non-hydrogen) atoms. The molecule has 0 bridgehead atoms. The normalized spacial score (nSPS) is 10.1. The Kier molecular flexibility index (Phi) is 3.96. The average molecular weight is 247 g/mol. The number of nitrogens with zero attached hydrogens (tertiary/aromatic N) is 1. The third-order valence-electron chi connectivity index (χ3n) is 2.28. The van der Waals surface area contributed by atoms with E-state index >= 15 is 0 Å². The van der Waals surface area contributed by atoms with Crippen molar-refractivity contribution in [3.8, 4) is 5.75 Å². The van der Waals surface area contributed by atoms with Crippen LogP contribution in [0.1, 0.15) is 0 Å². The van der Waals surface area contributed by atoms with Gasteiger partial charge in [0.05, 0.1) is 12.7 Å². The molecule has 1 aromatic carbocycles. The van der Waals surface area contributed by atoms with E-state index in [4.69, 9.17) is 10.5 Å². The summed E-state index contributed by atoms with van der Waals surface area (Å²) < 4.78 is 18.1. The summed E-state index contributed by atoms with van der Waals surface area (Å²) in [6, 6.07) is 10.1. The fourth-order valence-electron chi connectivity index (χ4n) is 1.39. The average Bonchev–Trinajstić information content (AvgIpc) is 2.39. The number of rotatable bonds is 5. The third kappa shape index (κ3) is 3.62. The fourth-order valence-corrected chi connectivity index (χ4v) is 1.39. The predicted molar refractivity (Wildman–Crippen MR) is 69.0 cm³/mol. The Morgan fingerprint density at radius 2 is 1.94 bits per heavy atom. The molecule has 3 N–H and O–H groups in total.